The van der Waals surface area contributed by atoms with Crippen LogP contribution in [0.4, 0.5) is 5.69 Å². The molecule has 1 saturated carbocycles. The van der Waals surface area contributed by atoms with Gasteiger partial charge in [-0.2, -0.15) is 0 Å². The number of anilines is 1. The maximum Gasteiger partial charge on any atom is 0.227 e. The molecule has 3 heteroatoms. The van der Waals surface area contributed by atoms with Gasteiger partial charge in [-0.1, -0.05) is 6.42 Å². The summed E-state index contributed by atoms with van der Waals surface area (Å²) in [4.78, 5) is 14.2. The highest BCUT2D eigenvalue weighted by atomic mass is 16.3. The number of aryl methyl sites for hydroxylation is 1. The minimum Gasteiger partial charge on any atom is -0.508 e. The molecule has 0 aromatic heterocycles. The number of rotatable bonds is 2. The summed E-state index contributed by atoms with van der Waals surface area (Å²) in [5, 5.41) is 9.50. The number of hydrogen-bond acceptors (Lipinski definition) is 2. The Kier molecular flexibility index (Phi) is 2.98. The second-order valence-corrected chi connectivity index (χ2v) is 5.46. The zero-order valence-electron chi connectivity index (χ0n) is 10.6. The van der Waals surface area contributed by atoms with Crippen LogP contribution in [0, 0.1) is 5.92 Å². The number of nitrogens with zero attached hydrogens (tertiary/aromatic N) is 1. The van der Waals surface area contributed by atoms with Crippen LogP contribution in [-0.4, -0.2) is 17.6 Å². The average molecular weight is 245 g/mol. The lowest BCUT2D eigenvalue weighted by Crippen LogP contribution is -2.37. The van der Waals surface area contributed by atoms with Gasteiger partial charge in [-0.3, -0.25) is 4.79 Å². The Bertz CT molecular complexity index is 466. The predicted molar refractivity (Wildman–Crippen MR) is 70.7 cm³/mol. The number of benzene rings is 1. The maximum absolute atomic E-state index is 12.3. The molecule has 0 radical (unpaired) electrons. The van der Waals surface area contributed by atoms with Crippen LogP contribution in [0.3, 0.4) is 0 Å². The van der Waals surface area contributed by atoms with Crippen LogP contribution < -0.4 is 4.90 Å². The van der Waals surface area contributed by atoms with Crippen LogP contribution in [0.5, 0.6) is 5.75 Å². The normalized spacial score (nSPS) is 19.2. The van der Waals surface area contributed by atoms with Gasteiger partial charge < -0.3 is 10.0 Å². The van der Waals surface area contributed by atoms with E-state index in [-0.39, 0.29) is 5.91 Å². The standard InChI is InChI=1S/C15H19NO2/c17-13-6-7-14-12(10-13)5-2-8-16(14)15(18)9-11-3-1-4-11/h6-7,10-11,17H,1-5,8-9H2. The summed E-state index contributed by atoms with van der Waals surface area (Å²) < 4.78 is 0. The van der Waals surface area contributed by atoms with Gasteiger partial charge in [0.2, 0.25) is 5.91 Å². The quantitative estimate of drug-likeness (QED) is 0.870. The van der Waals surface area contributed by atoms with Crippen molar-refractivity contribution in [2.45, 2.75) is 38.5 Å². The first-order valence-corrected chi connectivity index (χ1v) is 6.86. The lowest BCUT2D eigenvalue weighted by atomic mass is 9.82. The Morgan fingerprint density at radius 3 is 2.89 bits per heavy atom. The summed E-state index contributed by atoms with van der Waals surface area (Å²) in [6, 6.07) is 5.34. The molecule has 0 bridgehead atoms. The molecule has 1 amide bonds. The molecule has 3 rings (SSSR count). The van der Waals surface area contributed by atoms with E-state index in [1.807, 2.05) is 11.0 Å². The second kappa shape index (κ2) is 4.63. The molecule has 1 aliphatic carbocycles. The van der Waals surface area contributed by atoms with Crippen molar-refractivity contribution in [3.8, 4) is 5.75 Å². The Morgan fingerprint density at radius 1 is 1.33 bits per heavy atom. The molecule has 1 N–H and O–H groups in total. The molecule has 0 atom stereocenters. The van der Waals surface area contributed by atoms with E-state index < -0.39 is 0 Å². The molecule has 1 aliphatic heterocycles. The summed E-state index contributed by atoms with van der Waals surface area (Å²) >= 11 is 0. The van der Waals surface area contributed by atoms with E-state index in [1.165, 1.54) is 19.3 Å². The third-order valence-electron chi connectivity index (χ3n) is 4.17. The van der Waals surface area contributed by atoms with Crippen LogP contribution in [0.15, 0.2) is 18.2 Å². The fraction of sp³-hybridized carbons (Fsp3) is 0.533. The molecular weight excluding hydrogens is 226 g/mol. The molecule has 0 unspecified atom stereocenters. The van der Waals surface area contributed by atoms with Crippen LogP contribution in [-0.2, 0) is 11.2 Å². The zero-order chi connectivity index (χ0) is 12.5. The van der Waals surface area contributed by atoms with E-state index in [2.05, 4.69) is 0 Å². The Labute approximate surface area is 107 Å². The van der Waals surface area contributed by atoms with Crippen LogP contribution >= 0.6 is 0 Å². The summed E-state index contributed by atoms with van der Waals surface area (Å²) in [5.41, 5.74) is 2.10. The number of aromatic hydroxyl groups is 1. The zero-order valence-corrected chi connectivity index (χ0v) is 10.6. The number of amides is 1. The first kappa shape index (κ1) is 11.6. The highest BCUT2D eigenvalue weighted by molar-refractivity contribution is 5.94. The third-order valence-corrected chi connectivity index (χ3v) is 4.17. The van der Waals surface area contributed by atoms with Gasteiger partial charge in [0.25, 0.3) is 0 Å². The van der Waals surface area contributed by atoms with Gasteiger partial charge in [0, 0.05) is 18.7 Å². The van der Waals surface area contributed by atoms with Crippen LogP contribution in [0.25, 0.3) is 0 Å². The van der Waals surface area contributed by atoms with Crippen molar-refractivity contribution in [2.75, 3.05) is 11.4 Å². The fourth-order valence-corrected chi connectivity index (χ4v) is 2.90. The van der Waals surface area contributed by atoms with Gasteiger partial charge in [-0.15, -0.1) is 0 Å². The van der Waals surface area contributed by atoms with Crippen molar-refractivity contribution in [2.24, 2.45) is 5.92 Å². The second-order valence-electron chi connectivity index (χ2n) is 5.46. The molecule has 0 spiro atoms. The Hall–Kier alpha value is -1.51. The van der Waals surface area contributed by atoms with Gasteiger partial charge >= 0.3 is 0 Å². The van der Waals surface area contributed by atoms with Gasteiger partial charge in [0.15, 0.2) is 0 Å². The lowest BCUT2D eigenvalue weighted by Gasteiger charge is -2.32. The number of carbonyl (C=O) groups is 1. The Balaban J connectivity index is 1.79. The molecule has 1 heterocycles. The minimum atomic E-state index is 0.256. The fourth-order valence-electron chi connectivity index (χ4n) is 2.90. The summed E-state index contributed by atoms with van der Waals surface area (Å²) in [6.07, 6.45) is 6.34. The van der Waals surface area contributed by atoms with Gasteiger partial charge in [0.1, 0.15) is 5.75 Å². The molecule has 1 fully saturated rings. The summed E-state index contributed by atoms with van der Waals surface area (Å²) in [6.45, 7) is 0.823. The monoisotopic (exact) mass is 245 g/mol. The number of carbonyl (C=O) groups excluding carboxylic acids is 1. The van der Waals surface area contributed by atoms with Gasteiger partial charge in [-0.05, 0) is 55.4 Å². The summed E-state index contributed by atoms with van der Waals surface area (Å²) in [5.74, 6) is 1.16. The Morgan fingerprint density at radius 2 is 2.17 bits per heavy atom. The third kappa shape index (κ3) is 2.09. The average Bonchev–Trinajstić information content (AvgIpc) is 2.32. The van der Waals surface area contributed by atoms with Gasteiger partial charge in [0.05, 0.1) is 0 Å². The van der Waals surface area contributed by atoms with Crippen LogP contribution in [0.2, 0.25) is 0 Å². The largest absolute Gasteiger partial charge is 0.508 e. The first-order chi connectivity index (χ1) is 8.74. The molecule has 96 valence electrons. The van der Waals surface area contributed by atoms with Crippen molar-refractivity contribution in [1.29, 1.82) is 0 Å². The van der Waals surface area contributed by atoms with Crippen molar-refractivity contribution in [3.63, 3.8) is 0 Å². The molecule has 18 heavy (non-hydrogen) atoms. The molecule has 0 saturated heterocycles. The molecule has 1 aromatic carbocycles. The number of phenols is 1. The number of phenolic OH excluding ortho intramolecular Hbond substituents is 1. The van der Waals surface area contributed by atoms with Crippen molar-refractivity contribution in [3.05, 3.63) is 23.8 Å². The predicted octanol–water partition coefficient (Wildman–Crippen LogP) is 2.86. The van der Waals surface area contributed by atoms with Crippen molar-refractivity contribution >= 4 is 11.6 Å². The maximum atomic E-state index is 12.3. The van der Waals surface area contributed by atoms with E-state index in [0.717, 1.165) is 30.6 Å². The first-order valence-electron chi connectivity index (χ1n) is 6.86. The minimum absolute atomic E-state index is 0.256. The molecule has 3 nitrogen and oxygen atoms in total. The van der Waals surface area contributed by atoms with Gasteiger partial charge in [-0.25, -0.2) is 0 Å². The topological polar surface area (TPSA) is 40.5 Å². The highest BCUT2D eigenvalue weighted by Gasteiger charge is 2.27. The number of hydrogen-bond donors (Lipinski definition) is 1. The van der Waals surface area contributed by atoms with Crippen molar-refractivity contribution in [1.82, 2.24) is 0 Å². The molecular formula is C15H19NO2. The van der Waals surface area contributed by atoms with E-state index in [0.29, 0.717) is 18.1 Å². The SMILES string of the molecule is O=C(CC1CCC1)N1CCCc2cc(O)ccc21. The highest BCUT2D eigenvalue weighted by Crippen LogP contribution is 2.34. The van der Waals surface area contributed by atoms with E-state index in [4.69, 9.17) is 0 Å². The van der Waals surface area contributed by atoms with E-state index in [1.54, 1.807) is 12.1 Å². The molecule has 2 aliphatic rings. The van der Waals surface area contributed by atoms with E-state index >= 15 is 0 Å². The molecule has 1 aromatic rings. The lowest BCUT2D eigenvalue weighted by molar-refractivity contribution is -0.120. The smallest absolute Gasteiger partial charge is 0.227 e. The van der Waals surface area contributed by atoms with Crippen molar-refractivity contribution < 1.29 is 9.90 Å². The van der Waals surface area contributed by atoms with E-state index in [9.17, 15) is 9.90 Å². The number of fused-ring (bicyclic) bond motifs is 1. The van der Waals surface area contributed by atoms with Crippen LogP contribution in [0.1, 0.15) is 37.7 Å². The summed E-state index contributed by atoms with van der Waals surface area (Å²) in [7, 11) is 0.